The first-order valence-electron chi connectivity index (χ1n) is 5.65. The first-order valence-corrected chi connectivity index (χ1v) is 5.65. The molecule has 2 rings (SSSR count). The fourth-order valence-corrected chi connectivity index (χ4v) is 1.52. The van der Waals surface area contributed by atoms with Gasteiger partial charge in [0.05, 0.1) is 18.4 Å². The highest BCUT2D eigenvalue weighted by molar-refractivity contribution is 5.38. The highest BCUT2D eigenvalue weighted by Crippen LogP contribution is 2.11. The Hall–Kier alpha value is -1.71. The summed E-state index contributed by atoms with van der Waals surface area (Å²) in [5.41, 5.74) is 1.02. The zero-order valence-electron chi connectivity index (χ0n) is 9.73. The molecule has 4 nitrogen and oxygen atoms in total. The summed E-state index contributed by atoms with van der Waals surface area (Å²) >= 11 is 0. The lowest BCUT2D eigenvalue weighted by Gasteiger charge is -1.99. The molecule has 0 spiro atoms. The molecule has 0 saturated carbocycles. The molecule has 0 unspecified atom stereocenters. The molecule has 86 valence electrons. The van der Waals surface area contributed by atoms with Crippen LogP contribution >= 0.6 is 0 Å². The second kappa shape index (κ2) is 4.88. The van der Waals surface area contributed by atoms with Crippen LogP contribution < -0.4 is 5.32 Å². The van der Waals surface area contributed by atoms with Crippen LogP contribution in [0.2, 0.25) is 0 Å². The SMILES string of the molecule is CCc1ccc(CNc2cnn(CC)c2)o1. The number of hydrogen-bond acceptors (Lipinski definition) is 3. The van der Waals surface area contributed by atoms with Gasteiger partial charge in [0.25, 0.3) is 0 Å². The Kier molecular flexibility index (Phi) is 3.29. The van der Waals surface area contributed by atoms with Crippen molar-refractivity contribution in [1.29, 1.82) is 0 Å². The van der Waals surface area contributed by atoms with Crippen molar-refractivity contribution in [3.63, 3.8) is 0 Å². The molecule has 0 aliphatic heterocycles. The molecule has 0 aliphatic rings. The van der Waals surface area contributed by atoms with Gasteiger partial charge in [-0.1, -0.05) is 6.92 Å². The van der Waals surface area contributed by atoms with E-state index in [2.05, 4.69) is 24.3 Å². The molecule has 16 heavy (non-hydrogen) atoms. The Morgan fingerprint density at radius 1 is 1.31 bits per heavy atom. The van der Waals surface area contributed by atoms with Crippen molar-refractivity contribution in [2.45, 2.75) is 33.4 Å². The van der Waals surface area contributed by atoms with Gasteiger partial charge in [0.1, 0.15) is 11.5 Å². The number of anilines is 1. The molecule has 0 atom stereocenters. The van der Waals surface area contributed by atoms with Crippen LogP contribution in [0.25, 0.3) is 0 Å². The van der Waals surface area contributed by atoms with Gasteiger partial charge in [-0.2, -0.15) is 5.10 Å². The van der Waals surface area contributed by atoms with Crippen LogP contribution in [0.4, 0.5) is 5.69 Å². The smallest absolute Gasteiger partial charge is 0.123 e. The monoisotopic (exact) mass is 219 g/mol. The first kappa shape index (κ1) is 10.8. The van der Waals surface area contributed by atoms with Gasteiger partial charge in [0.2, 0.25) is 0 Å². The number of nitrogens with zero attached hydrogens (tertiary/aromatic N) is 2. The van der Waals surface area contributed by atoms with Crippen LogP contribution in [0.5, 0.6) is 0 Å². The van der Waals surface area contributed by atoms with Crippen molar-refractivity contribution >= 4 is 5.69 Å². The summed E-state index contributed by atoms with van der Waals surface area (Å²) in [5.74, 6) is 1.99. The molecule has 0 aromatic carbocycles. The minimum atomic E-state index is 0.704. The second-order valence-electron chi connectivity index (χ2n) is 3.66. The maximum Gasteiger partial charge on any atom is 0.123 e. The van der Waals surface area contributed by atoms with Crippen LogP contribution in [0.15, 0.2) is 28.9 Å². The molecule has 2 heterocycles. The molecule has 4 heteroatoms. The summed E-state index contributed by atoms with van der Waals surface area (Å²) in [6, 6.07) is 4.03. The quantitative estimate of drug-likeness (QED) is 0.840. The summed E-state index contributed by atoms with van der Waals surface area (Å²) in [7, 11) is 0. The molecule has 0 saturated heterocycles. The van der Waals surface area contributed by atoms with Crippen LogP contribution in [0, 0.1) is 0 Å². The molecule has 1 N–H and O–H groups in total. The van der Waals surface area contributed by atoms with E-state index in [1.807, 2.05) is 29.2 Å². The van der Waals surface area contributed by atoms with Crippen molar-refractivity contribution in [2.24, 2.45) is 0 Å². The van der Waals surface area contributed by atoms with E-state index in [0.717, 1.165) is 30.2 Å². The van der Waals surface area contributed by atoms with E-state index in [1.165, 1.54) is 0 Å². The highest BCUT2D eigenvalue weighted by atomic mass is 16.3. The predicted molar refractivity (Wildman–Crippen MR) is 63.3 cm³/mol. The van der Waals surface area contributed by atoms with Crippen molar-refractivity contribution < 1.29 is 4.42 Å². The van der Waals surface area contributed by atoms with Gasteiger partial charge < -0.3 is 9.73 Å². The molecule has 2 aromatic heterocycles. The predicted octanol–water partition coefficient (Wildman–Crippen LogP) is 2.67. The standard InChI is InChI=1S/C12H17N3O/c1-3-11-5-6-12(16-11)8-13-10-7-14-15(4-2)9-10/h5-7,9,13H,3-4,8H2,1-2H3. The van der Waals surface area contributed by atoms with E-state index in [0.29, 0.717) is 6.54 Å². The molecular formula is C12H17N3O. The Balaban J connectivity index is 1.91. The van der Waals surface area contributed by atoms with Crippen molar-refractivity contribution in [3.8, 4) is 0 Å². The van der Waals surface area contributed by atoms with Crippen LogP contribution in [0.1, 0.15) is 25.4 Å². The molecule has 0 amide bonds. The Morgan fingerprint density at radius 3 is 2.75 bits per heavy atom. The van der Waals surface area contributed by atoms with E-state index in [1.54, 1.807) is 0 Å². The summed E-state index contributed by atoms with van der Waals surface area (Å²) in [6.07, 6.45) is 4.75. The van der Waals surface area contributed by atoms with E-state index >= 15 is 0 Å². The Labute approximate surface area is 95.3 Å². The van der Waals surface area contributed by atoms with E-state index < -0.39 is 0 Å². The number of aromatic nitrogens is 2. The minimum Gasteiger partial charge on any atom is -0.464 e. The van der Waals surface area contributed by atoms with Crippen molar-refractivity contribution in [2.75, 3.05) is 5.32 Å². The van der Waals surface area contributed by atoms with Gasteiger partial charge in [-0.05, 0) is 19.1 Å². The molecule has 0 radical (unpaired) electrons. The van der Waals surface area contributed by atoms with Gasteiger partial charge >= 0.3 is 0 Å². The van der Waals surface area contributed by atoms with E-state index in [4.69, 9.17) is 4.42 Å². The third-order valence-corrected chi connectivity index (χ3v) is 2.49. The topological polar surface area (TPSA) is 43.0 Å². The average Bonchev–Trinajstić information content (AvgIpc) is 2.95. The number of hydrogen-bond donors (Lipinski definition) is 1. The fraction of sp³-hybridized carbons (Fsp3) is 0.417. The summed E-state index contributed by atoms with van der Waals surface area (Å²) in [4.78, 5) is 0. The van der Waals surface area contributed by atoms with Crippen LogP contribution in [-0.4, -0.2) is 9.78 Å². The third kappa shape index (κ3) is 2.45. The number of furan rings is 1. The normalized spacial score (nSPS) is 10.6. The average molecular weight is 219 g/mol. The second-order valence-corrected chi connectivity index (χ2v) is 3.66. The molecular weight excluding hydrogens is 202 g/mol. The summed E-state index contributed by atoms with van der Waals surface area (Å²) in [5, 5.41) is 7.47. The number of aryl methyl sites for hydroxylation is 2. The molecule has 0 bridgehead atoms. The zero-order chi connectivity index (χ0) is 11.4. The van der Waals surface area contributed by atoms with Gasteiger partial charge in [-0.25, -0.2) is 0 Å². The fourth-order valence-electron chi connectivity index (χ4n) is 1.52. The van der Waals surface area contributed by atoms with Gasteiger partial charge in [0, 0.05) is 19.2 Å². The maximum absolute atomic E-state index is 5.60. The number of nitrogens with one attached hydrogen (secondary N) is 1. The van der Waals surface area contributed by atoms with Gasteiger partial charge in [0.15, 0.2) is 0 Å². The Bertz CT molecular complexity index is 402. The largest absolute Gasteiger partial charge is 0.464 e. The highest BCUT2D eigenvalue weighted by Gasteiger charge is 2.01. The minimum absolute atomic E-state index is 0.704. The third-order valence-electron chi connectivity index (χ3n) is 2.49. The Morgan fingerprint density at radius 2 is 2.12 bits per heavy atom. The molecule has 0 aliphatic carbocycles. The van der Waals surface area contributed by atoms with Crippen molar-refractivity contribution in [1.82, 2.24) is 9.78 Å². The molecule has 2 aromatic rings. The van der Waals surface area contributed by atoms with E-state index in [9.17, 15) is 0 Å². The molecule has 0 fully saturated rings. The maximum atomic E-state index is 5.60. The van der Waals surface area contributed by atoms with Crippen LogP contribution in [-0.2, 0) is 19.5 Å². The van der Waals surface area contributed by atoms with Crippen molar-refractivity contribution in [3.05, 3.63) is 36.0 Å². The summed E-state index contributed by atoms with van der Waals surface area (Å²) < 4.78 is 7.49. The lowest BCUT2D eigenvalue weighted by Crippen LogP contribution is -1.97. The van der Waals surface area contributed by atoms with Gasteiger partial charge in [-0.3, -0.25) is 4.68 Å². The first-order chi connectivity index (χ1) is 7.81. The lowest BCUT2D eigenvalue weighted by atomic mass is 10.3. The lowest BCUT2D eigenvalue weighted by molar-refractivity contribution is 0.476. The van der Waals surface area contributed by atoms with E-state index in [-0.39, 0.29) is 0 Å². The zero-order valence-corrected chi connectivity index (χ0v) is 9.73. The summed E-state index contributed by atoms with van der Waals surface area (Å²) in [6.45, 7) is 5.75. The van der Waals surface area contributed by atoms with Gasteiger partial charge in [-0.15, -0.1) is 0 Å². The van der Waals surface area contributed by atoms with Crippen LogP contribution in [0.3, 0.4) is 0 Å². The number of rotatable bonds is 5.